The number of esters is 2. The molecule has 3 rings (SSSR count). The third-order valence-electron chi connectivity index (χ3n) is 7.23. The van der Waals surface area contributed by atoms with Gasteiger partial charge in [0.15, 0.2) is 0 Å². The molecule has 30 heavy (non-hydrogen) atoms. The second-order valence-corrected chi connectivity index (χ2v) is 9.34. The molecule has 5 heteroatoms. The van der Waals surface area contributed by atoms with Gasteiger partial charge < -0.3 is 13.9 Å². The molecule has 1 saturated carbocycles. The SMILES string of the molecule is C/C=C(/C)C(=O)O[C@H]1CC[C@@H]2Cc3occ(C)c3[C@@H](OC(=O)C=C(C)C)[C@]2(C)[C@H]1C. The van der Waals surface area contributed by atoms with Gasteiger partial charge in [0.1, 0.15) is 18.0 Å². The third kappa shape index (κ3) is 3.86. The molecule has 1 aromatic rings. The second kappa shape index (κ2) is 8.44. The van der Waals surface area contributed by atoms with E-state index in [2.05, 4.69) is 13.8 Å². The lowest BCUT2D eigenvalue weighted by molar-refractivity contribution is -0.183. The first-order chi connectivity index (χ1) is 14.1. The molecule has 1 heterocycles. The molecule has 0 aliphatic heterocycles. The van der Waals surface area contributed by atoms with Crippen molar-refractivity contribution in [2.24, 2.45) is 17.3 Å². The van der Waals surface area contributed by atoms with Crippen LogP contribution >= 0.6 is 0 Å². The third-order valence-corrected chi connectivity index (χ3v) is 7.23. The summed E-state index contributed by atoms with van der Waals surface area (Å²) in [5.41, 5.74) is 3.12. The molecule has 0 radical (unpaired) electrons. The second-order valence-electron chi connectivity index (χ2n) is 9.34. The number of allylic oxidation sites excluding steroid dienone is 2. The van der Waals surface area contributed by atoms with Crippen molar-refractivity contribution in [2.45, 2.75) is 79.9 Å². The van der Waals surface area contributed by atoms with Gasteiger partial charge in [0.2, 0.25) is 0 Å². The van der Waals surface area contributed by atoms with Crippen LogP contribution in [-0.2, 0) is 25.5 Å². The Labute approximate surface area is 179 Å². The van der Waals surface area contributed by atoms with E-state index in [-0.39, 0.29) is 35.3 Å². The fourth-order valence-corrected chi connectivity index (χ4v) is 5.11. The maximum atomic E-state index is 12.7. The van der Waals surface area contributed by atoms with Crippen molar-refractivity contribution in [3.63, 3.8) is 0 Å². The quantitative estimate of drug-likeness (QED) is 0.472. The summed E-state index contributed by atoms with van der Waals surface area (Å²) in [5, 5.41) is 0. The van der Waals surface area contributed by atoms with Gasteiger partial charge in [-0.25, -0.2) is 9.59 Å². The minimum atomic E-state index is -0.438. The van der Waals surface area contributed by atoms with Crippen molar-refractivity contribution in [2.75, 3.05) is 0 Å². The van der Waals surface area contributed by atoms with E-state index < -0.39 is 6.10 Å². The predicted molar refractivity (Wildman–Crippen MR) is 115 cm³/mol. The molecule has 0 unspecified atom stereocenters. The summed E-state index contributed by atoms with van der Waals surface area (Å²) in [6.45, 7) is 13.7. The maximum absolute atomic E-state index is 12.7. The Hall–Kier alpha value is -2.30. The minimum Gasteiger partial charge on any atom is -0.469 e. The summed E-state index contributed by atoms with van der Waals surface area (Å²) in [6.07, 6.45) is 6.91. The number of carbonyl (C=O) groups is 2. The summed E-state index contributed by atoms with van der Waals surface area (Å²) >= 11 is 0. The number of carbonyl (C=O) groups excluding carboxylic acids is 2. The van der Waals surface area contributed by atoms with Crippen molar-refractivity contribution in [3.05, 3.63) is 46.4 Å². The summed E-state index contributed by atoms with van der Waals surface area (Å²) in [4.78, 5) is 25.1. The van der Waals surface area contributed by atoms with Gasteiger partial charge >= 0.3 is 11.9 Å². The molecule has 0 bridgehead atoms. The zero-order valence-electron chi connectivity index (χ0n) is 19.2. The number of hydrogen-bond donors (Lipinski definition) is 0. The monoisotopic (exact) mass is 414 g/mol. The Morgan fingerprint density at radius 3 is 2.53 bits per heavy atom. The van der Waals surface area contributed by atoms with Gasteiger partial charge in [-0.2, -0.15) is 0 Å². The normalized spacial score (nSPS) is 30.7. The maximum Gasteiger partial charge on any atom is 0.333 e. The summed E-state index contributed by atoms with van der Waals surface area (Å²) < 4.78 is 17.9. The van der Waals surface area contributed by atoms with Crippen molar-refractivity contribution in [3.8, 4) is 0 Å². The number of ether oxygens (including phenoxy) is 2. The number of aryl methyl sites for hydroxylation is 1. The van der Waals surface area contributed by atoms with Gasteiger partial charge in [0.05, 0.1) is 6.26 Å². The van der Waals surface area contributed by atoms with Crippen LogP contribution in [0.5, 0.6) is 0 Å². The van der Waals surface area contributed by atoms with Gasteiger partial charge in [-0.3, -0.25) is 0 Å². The standard InChI is InChI=1S/C25H34O5/c1-8-15(4)24(27)29-19-10-9-18-12-20-22(16(5)13-28-20)23(25(18,7)17(19)6)30-21(26)11-14(2)3/h8,11,13,17-19,23H,9-10,12H2,1-7H3/b15-8-/t17-,18+,19-,23+,25+/m0/s1. The van der Waals surface area contributed by atoms with E-state index in [0.717, 1.165) is 41.7 Å². The molecule has 2 aliphatic rings. The molecule has 5 atom stereocenters. The molecule has 0 saturated heterocycles. The average Bonchev–Trinajstić information content (AvgIpc) is 3.04. The topological polar surface area (TPSA) is 65.7 Å². The van der Waals surface area contributed by atoms with Crippen LogP contribution in [0.15, 0.2) is 34.0 Å². The Balaban J connectivity index is 1.99. The van der Waals surface area contributed by atoms with Gasteiger partial charge in [0, 0.05) is 35.0 Å². The van der Waals surface area contributed by atoms with Gasteiger partial charge in [-0.15, -0.1) is 0 Å². The molecule has 0 N–H and O–H groups in total. The van der Waals surface area contributed by atoms with E-state index >= 15 is 0 Å². The van der Waals surface area contributed by atoms with Gasteiger partial charge in [-0.1, -0.05) is 25.5 Å². The molecule has 1 fully saturated rings. The first kappa shape index (κ1) is 22.4. The molecule has 1 aromatic heterocycles. The lowest BCUT2D eigenvalue weighted by Crippen LogP contribution is -2.53. The van der Waals surface area contributed by atoms with E-state index in [0.29, 0.717) is 5.57 Å². The average molecular weight is 415 g/mol. The predicted octanol–water partition coefficient (Wildman–Crippen LogP) is 5.63. The van der Waals surface area contributed by atoms with Gasteiger partial charge in [0.25, 0.3) is 0 Å². The van der Waals surface area contributed by atoms with Crippen LogP contribution < -0.4 is 0 Å². The molecule has 0 amide bonds. The Kier molecular flexibility index (Phi) is 6.30. The molecule has 0 aromatic carbocycles. The smallest absolute Gasteiger partial charge is 0.333 e. The van der Waals surface area contributed by atoms with Crippen LogP contribution in [0, 0.1) is 24.2 Å². The zero-order valence-corrected chi connectivity index (χ0v) is 19.2. The highest BCUT2D eigenvalue weighted by atomic mass is 16.6. The van der Waals surface area contributed by atoms with Crippen LogP contribution in [0.1, 0.15) is 77.4 Å². The first-order valence-corrected chi connectivity index (χ1v) is 10.9. The molecule has 164 valence electrons. The highest BCUT2D eigenvalue weighted by Gasteiger charge is 2.57. The van der Waals surface area contributed by atoms with E-state index in [1.54, 1.807) is 19.3 Å². The van der Waals surface area contributed by atoms with E-state index in [1.165, 1.54) is 6.08 Å². The molecular formula is C25H34O5. The fraction of sp³-hybridized carbons (Fsp3) is 0.600. The number of furan rings is 1. The van der Waals surface area contributed by atoms with Crippen LogP contribution in [0.3, 0.4) is 0 Å². The Morgan fingerprint density at radius 2 is 1.90 bits per heavy atom. The van der Waals surface area contributed by atoms with Gasteiger partial charge in [-0.05, 0) is 58.9 Å². The van der Waals surface area contributed by atoms with Crippen molar-refractivity contribution < 1.29 is 23.5 Å². The molecule has 0 spiro atoms. The number of fused-ring (bicyclic) bond motifs is 2. The summed E-state index contributed by atoms with van der Waals surface area (Å²) in [7, 11) is 0. The molecule has 5 nitrogen and oxygen atoms in total. The fourth-order valence-electron chi connectivity index (χ4n) is 5.11. The number of hydrogen-bond acceptors (Lipinski definition) is 5. The Bertz CT molecular complexity index is 885. The highest BCUT2D eigenvalue weighted by molar-refractivity contribution is 5.87. The van der Waals surface area contributed by atoms with E-state index in [4.69, 9.17) is 13.9 Å². The lowest BCUT2D eigenvalue weighted by Gasteiger charge is -2.54. The number of rotatable bonds is 4. The van der Waals surface area contributed by atoms with Crippen molar-refractivity contribution >= 4 is 11.9 Å². The molecular weight excluding hydrogens is 380 g/mol. The van der Waals surface area contributed by atoms with Crippen LogP contribution in [-0.4, -0.2) is 18.0 Å². The minimum absolute atomic E-state index is 0.0248. The largest absolute Gasteiger partial charge is 0.469 e. The van der Waals surface area contributed by atoms with Crippen molar-refractivity contribution in [1.29, 1.82) is 0 Å². The van der Waals surface area contributed by atoms with Crippen LogP contribution in [0.2, 0.25) is 0 Å². The first-order valence-electron chi connectivity index (χ1n) is 10.9. The van der Waals surface area contributed by atoms with E-state index in [1.807, 2.05) is 27.7 Å². The van der Waals surface area contributed by atoms with Crippen LogP contribution in [0.25, 0.3) is 0 Å². The van der Waals surface area contributed by atoms with E-state index in [9.17, 15) is 9.59 Å². The Morgan fingerprint density at radius 1 is 1.20 bits per heavy atom. The lowest BCUT2D eigenvalue weighted by atomic mass is 9.53. The summed E-state index contributed by atoms with van der Waals surface area (Å²) in [5.74, 6) is 0.608. The molecule has 2 aliphatic carbocycles. The summed E-state index contributed by atoms with van der Waals surface area (Å²) in [6, 6.07) is 0. The van der Waals surface area contributed by atoms with Crippen molar-refractivity contribution in [1.82, 2.24) is 0 Å². The highest BCUT2D eigenvalue weighted by Crippen LogP contribution is 2.60. The zero-order chi connectivity index (χ0) is 22.2. The van der Waals surface area contributed by atoms with Crippen LogP contribution in [0.4, 0.5) is 0 Å².